The third-order valence-electron chi connectivity index (χ3n) is 1.53. The molecule has 0 aliphatic carbocycles. The van der Waals surface area contributed by atoms with Gasteiger partial charge in [-0.15, -0.1) is 0 Å². The molecule has 0 amide bonds. The van der Waals surface area contributed by atoms with Crippen LogP contribution >= 0.6 is 0 Å². The number of rotatable bonds is 1. The summed E-state index contributed by atoms with van der Waals surface area (Å²) >= 11 is 0. The van der Waals surface area contributed by atoms with E-state index in [0.29, 0.717) is 13.1 Å². The van der Waals surface area contributed by atoms with Crippen molar-refractivity contribution in [1.29, 1.82) is 0 Å². The van der Waals surface area contributed by atoms with Crippen LogP contribution in [0.15, 0.2) is 0 Å². The minimum absolute atomic E-state index is 0.434. The Labute approximate surface area is 52.6 Å². The second-order valence-corrected chi connectivity index (χ2v) is 2.28. The molecule has 1 heterocycles. The molecule has 54 valence electrons. The molecule has 0 radical (unpaired) electrons. The molecule has 2 nitrogen and oxygen atoms in total. The number of likely N-dealkylation sites (tertiary alicyclic amines) is 1. The molecule has 0 aromatic heterocycles. The molecule has 4 heteroatoms. The van der Waals surface area contributed by atoms with E-state index in [1.165, 1.54) is 0 Å². The van der Waals surface area contributed by atoms with Crippen molar-refractivity contribution in [3.05, 3.63) is 0 Å². The lowest BCUT2D eigenvalue weighted by atomic mass is 10.4. The SMILES string of the molecule is NC(F)(F)N1CCCC1. The highest BCUT2D eigenvalue weighted by Crippen LogP contribution is 2.18. The van der Waals surface area contributed by atoms with Gasteiger partial charge in [-0.2, -0.15) is 8.78 Å². The fourth-order valence-electron chi connectivity index (χ4n) is 1.02. The van der Waals surface area contributed by atoms with Gasteiger partial charge in [-0.05, 0) is 12.8 Å². The van der Waals surface area contributed by atoms with Crippen molar-refractivity contribution in [3.63, 3.8) is 0 Å². The lowest BCUT2D eigenvalue weighted by Crippen LogP contribution is -2.46. The quantitative estimate of drug-likeness (QED) is 0.534. The predicted octanol–water partition coefficient (Wildman–Crippen LogP) is 0.591. The molecule has 1 aliphatic heterocycles. The average molecular weight is 136 g/mol. The van der Waals surface area contributed by atoms with Crippen LogP contribution in [0.4, 0.5) is 8.78 Å². The smallest absolute Gasteiger partial charge is 0.258 e. The highest BCUT2D eigenvalue weighted by Gasteiger charge is 2.33. The summed E-state index contributed by atoms with van der Waals surface area (Å²) in [5.74, 6) is 0. The number of nitrogens with zero attached hydrogens (tertiary/aromatic N) is 1. The van der Waals surface area contributed by atoms with Crippen LogP contribution < -0.4 is 5.73 Å². The van der Waals surface area contributed by atoms with Crippen LogP contribution in [-0.2, 0) is 0 Å². The van der Waals surface area contributed by atoms with Crippen molar-refractivity contribution in [3.8, 4) is 0 Å². The highest BCUT2D eigenvalue weighted by molar-refractivity contribution is 4.69. The van der Waals surface area contributed by atoms with Gasteiger partial charge in [-0.1, -0.05) is 0 Å². The van der Waals surface area contributed by atoms with Gasteiger partial charge in [-0.25, -0.2) is 4.90 Å². The molecule has 0 unspecified atom stereocenters. The van der Waals surface area contributed by atoms with E-state index in [0.717, 1.165) is 17.7 Å². The van der Waals surface area contributed by atoms with Crippen molar-refractivity contribution >= 4 is 0 Å². The second-order valence-electron chi connectivity index (χ2n) is 2.28. The fourth-order valence-corrected chi connectivity index (χ4v) is 1.02. The zero-order valence-electron chi connectivity index (χ0n) is 5.11. The Hall–Kier alpha value is -0.220. The Morgan fingerprint density at radius 2 is 1.67 bits per heavy atom. The van der Waals surface area contributed by atoms with E-state index >= 15 is 0 Å². The zero-order chi connectivity index (χ0) is 6.91. The Kier molecular flexibility index (Phi) is 1.68. The van der Waals surface area contributed by atoms with Crippen molar-refractivity contribution < 1.29 is 8.78 Å². The normalized spacial score (nSPS) is 23.0. The van der Waals surface area contributed by atoms with E-state index in [1.807, 2.05) is 0 Å². The van der Waals surface area contributed by atoms with Crippen molar-refractivity contribution in [2.75, 3.05) is 13.1 Å². The molecular weight excluding hydrogens is 126 g/mol. The van der Waals surface area contributed by atoms with Gasteiger partial charge in [-0.3, -0.25) is 5.73 Å². The van der Waals surface area contributed by atoms with Gasteiger partial charge in [0.05, 0.1) is 0 Å². The summed E-state index contributed by atoms with van der Waals surface area (Å²) in [6, 6.07) is 0. The maximum atomic E-state index is 12.1. The monoisotopic (exact) mass is 136 g/mol. The first-order chi connectivity index (χ1) is 4.11. The second kappa shape index (κ2) is 2.19. The van der Waals surface area contributed by atoms with Gasteiger partial charge in [0.2, 0.25) is 0 Å². The Bertz CT molecular complexity index is 93.6. The topological polar surface area (TPSA) is 29.3 Å². The molecule has 0 aromatic rings. The lowest BCUT2D eigenvalue weighted by molar-refractivity contribution is -0.130. The predicted molar refractivity (Wildman–Crippen MR) is 29.9 cm³/mol. The third-order valence-corrected chi connectivity index (χ3v) is 1.53. The largest absolute Gasteiger partial charge is 0.364 e. The summed E-state index contributed by atoms with van der Waals surface area (Å²) in [5.41, 5.74) is 4.53. The molecule has 9 heavy (non-hydrogen) atoms. The molecule has 0 atom stereocenters. The van der Waals surface area contributed by atoms with Gasteiger partial charge in [0.15, 0.2) is 0 Å². The van der Waals surface area contributed by atoms with E-state index in [1.54, 1.807) is 0 Å². The summed E-state index contributed by atoms with van der Waals surface area (Å²) in [5, 5.41) is 0. The molecule has 0 saturated carbocycles. The zero-order valence-corrected chi connectivity index (χ0v) is 5.11. The number of hydrogen-bond acceptors (Lipinski definition) is 2. The fraction of sp³-hybridized carbons (Fsp3) is 1.00. The Morgan fingerprint density at radius 3 is 1.89 bits per heavy atom. The summed E-state index contributed by atoms with van der Waals surface area (Å²) < 4.78 is 24.3. The van der Waals surface area contributed by atoms with Crippen LogP contribution in [0, 0.1) is 0 Å². The van der Waals surface area contributed by atoms with Crippen LogP contribution in [-0.4, -0.2) is 24.2 Å². The maximum Gasteiger partial charge on any atom is 0.364 e. The van der Waals surface area contributed by atoms with Crippen molar-refractivity contribution in [2.45, 2.75) is 19.0 Å². The molecular formula is C5H10F2N2. The van der Waals surface area contributed by atoms with Gasteiger partial charge < -0.3 is 0 Å². The third kappa shape index (κ3) is 1.59. The van der Waals surface area contributed by atoms with Gasteiger partial charge in [0.1, 0.15) is 0 Å². The molecule has 1 fully saturated rings. The number of nitrogens with two attached hydrogens (primary N) is 1. The van der Waals surface area contributed by atoms with E-state index in [-0.39, 0.29) is 0 Å². The number of alkyl halides is 2. The van der Waals surface area contributed by atoms with Crippen LogP contribution in [0.5, 0.6) is 0 Å². The van der Waals surface area contributed by atoms with Crippen molar-refractivity contribution in [2.24, 2.45) is 5.73 Å². The molecule has 1 saturated heterocycles. The molecule has 0 bridgehead atoms. The van der Waals surface area contributed by atoms with Gasteiger partial charge in [0.25, 0.3) is 0 Å². The molecule has 1 aliphatic rings. The summed E-state index contributed by atoms with van der Waals surface area (Å²) in [7, 11) is 0. The van der Waals surface area contributed by atoms with E-state index in [4.69, 9.17) is 0 Å². The van der Waals surface area contributed by atoms with Gasteiger partial charge in [0, 0.05) is 13.1 Å². The average Bonchev–Trinajstić information content (AvgIpc) is 2.08. The summed E-state index contributed by atoms with van der Waals surface area (Å²) in [6.45, 7) is 0.868. The molecule has 2 N–H and O–H groups in total. The lowest BCUT2D eigenvalue weighted by Gasteiger charge is -2.21. The summed E-state index contributed by atoms with van der Waals surface area (Å²) in [4.78, 5) is 0.993. The Morgan fingerprint density at radius 1 is 1.22 bits per heavy atom. The summed E-state index contributed by atoms with van der Waals surface area (Å²) in [6.07, 6.45) is -1.41. The van der Waals surface area contributed by atoms with Crippen LogP contribution in [0.25, 0.3) is 0 Å². The van der Waals surface area contributed by atoms with E-state index in [2.05, 4.69) is 5.73 Å². The minimum Gasteiger partial charge on any atom is -0.258 e. The first kappa shape index (κ1) is 6.89. The first-order valence-electron chi connectivity index (χ1n) is 3.02. The number of hydrogen-bond donors (Lipinski definition) is 1. The molecule has 0 spiro atoms. The molecule has 0 aromatic carbocycles. The van der Waals surface area contributed by atoms with Crippen LogP contribution in [0.2, 0.25) is 0 Å². The number of halogens is 2. The van der Waals surface area contributed by atoms with Crippen LogP contribution in [0.3, 0.4) is 0 Å². The van der Waals surface area contributed by atoms with E-state index < -0.39 is 6.17 Å². The minimum atomic E-state index is -3.09. The highest BCUT2D eigenvalue weighted by atomic mass is 19.3. The maximum absolute atomic E-state index is 12.1. The molecule has 1 rings (SSSR count). The van der Waals surface area contributed by atoms with Gasteiger partial charge >= 0.3 is 6.17 Å². The Balaban J connectivity index is 2.42. The first-order valence-corrected chi connectivity index (χ1v) is 3.02. The van der Waals surface area contributed by atoms with Crippen LogP contribution in [0.1, 0.15) is 12.8 Å². The van der Waals surface area contributed by atoms with Crippen molar-refractivity contribution in [1.82, 2.24) is 4.90 Å². The standard InChI is InChI=1S/C5H10F2N2/c6-5(7,8)9-3-1-2-4-9/h1-4,8H2. The van der Waals surface area contributed by atoms with E-state index in [9.17, 15) is 8.78 Å².